The minimum absolute atomic E-state index is 0.178. The van der Waals surface area contributed by atoms with Crippen molar-refractivity contribution in [2.75, 3.05) is 13.7 Å². The van der Waals surface area contributed by atoms with Gasteiger partial charge in [-0.3, -0.25) is 9.69 Å². The number of aliphatic imine (C=N–C) groups is 1. The normalized spacial score (nSPS) is 15.6. The molecule has 0 N–H and O–H groups in total. The van der Waals surface area contributed by atoms with Crippen molar-refractivity contribution < 1.29 is 19.1 Å². The van der Waals surface area contributed by atoms with Gasteiger partial charge in [0.05, 0.1) is 23.3 Å². The van der Waals surface area contributed by atoms with Crippen molar-refractivity contribution in [1.82, 2.24) is 4.90 Å². The zero-order valence-electron chi connectivity index (χ0n) is 19.5. The van der Waals surface area contributed by atoms with Crippen LogP contribution in [0.2, 0.25) is 10.0 Å². The van der Waals surface area contributed by atoms with E-state index in [0.717, 1.165) is 5.56 Å². The van der Waals surface area contributed by atoms with Gasteiger partial charge in [-0.25, -0.2) is 9.79 Å². The Balaban J connectivity index is 1.63. The monoisotopic (exact) mass is 540 g/mol. The van der Waals surface area contributed by atoms with E-state index in [9.17, 15) is 9.59 Å². The molecule has 0 bridgehead atoms. The highest BCUT2D eigenvalue weighted by atomic mass is 35.5. The third-order valence-corrected chi connectivity index (χ3v) is 6.91. The van der Waals surface area contributed by atoms with Crippen molar-refractivity contribution in [2.45, 2.75) is 13.5 Å². The van der Waals surface area contributed by atoms with Gasteiger partial charge in [0.15, 0.2) is 5.17 Å². The molecule has 3 aromatic carbocycles. The summed E-state index contributed by atoms with van der Waals surface area (Å²) in [7, 11) is 1.32. The van der Waals surface area contributed by atoms with Crippen molar-refractivity contribution >= 4 is 63.8 Å². The number of ether oxygens (including phenoxy) is 2. The van der Waals surface area contributed by atoms with Gasteiger partial charge in [-0.15, -0.1) is 0 Å². The smallest absolute Gasteiger partial charge is 0.337 e. The maximum Gasteiger partial charge on any atom is 0.337 e. The summed E-state index contributed by atoms with van der Waals surface area (Å²) in [6.45, 7) is 2.58. The van der Waals surface area contributed by atoms with E-state index in [-0.39, 0.29) is 12.5 Å². The highest BCUT2D eigenvalue weighted by Gasteiger charge is 2.32. The van der Waals surface area contributed by atoms with Crippen molar-refractivity contribution in [3.05, 3.63) is 98.4 Å². The van der Waals surface area contributed by atoms with Gasteiger partial charge in [-0.2, -0.15) is 0 Å². The van der Waals surface area contributed by atoms with Gasteiger partial charge >= 0.3 is 5.97 Å². The predicted octanol–water partition coefficient (Wildman–Crippen LogP) is 6.98. The molecule has 0 atom stereocenters. The molecule has 0 saturated carbocycles. The van der Waals surface area contributed by atoms with Gasteiger partial charge in [-0.1, -0.05) is 47.5 Å². The van der Waals surface area contributed by atoms with Gasteiger partial charge in [-0.05, 0) is 67.2 Å². The molecule has 0 spiro atoms. The number of halogens is 2. The lowest BCUT2D eigenvalue weighted by atomic mass is 10.1. The molecule has 1 heterocycles. The number of carbonyl (C=O) groups excluding carboxylic acids is 2. The first kappa shape index (κ1) is 25.8. The molecule has 1 amide bonds. The molecular weight excluding hydrogens is 519 g/mol. The largest absolute Gasteiger partial charge is 0.488 e. The van der Waals surface area contributed by atoms with Crippen LogP contribution in [0.25, 0.3) is 6.08 Å². The van der Waals surface area contributed by atoms with Crippen LogP contribution in [0.5, 0.6) is 5.75 Å². The highest BCUT2D eigenvalue weighted by Crippen LogP contribution is 2.36. The summed E-state index contributed by atoms with van der Waals surface area (Å²) in [6, 6.07) is 19.4. The molecular formula is C27H22Cl2N2O4S. The second-order valence-electron chi connectivity index (χ2n) is 7.66. The lowest BCUT2D eigenvalue weighted by molar-refractivity contribution is -0.122. The Kier molecular flexibility index (Phi) is 8.36. The molecule has 0 aromatic heterocycles. The molecule has 6 nitrogen and oxygen atoms in total. The second kappa shape index (κ2) is 11.6. The first-order valence-corrected chi connectivity index (χ1v) is 12.6. The molecule has 1 aliphatic rings. The summed E-state index contributed by atoms with van der Waals surface area (Å²) in [4.78, 5) is 31.7. The van der Waals surface area contributed by atoms with E-state index in [1.807, 2.05) is 25.1 Å². The van der Waals surface area contributed by atoms with E-state index in [1.165, 1.54) is 18.9 Å². The summed E-state index contributed by atoms with van der Waals surface area (Å²) >= 11 is 13.8. The van der Waals surface area contributed by atoms with E-state index in [1.54, 1.807) is 59.5 Å². The number of thioether (sulfide) groups is 1. The Hall–Kier alpha value is -3.26. The van der Waals surface area contributed by atoms with Crippen molar-refractivity contribution in [2.24, 2.45) is 4.99 Å². The van der Waals surface area contributed by atoms with Crippen LogP contribution in [0, 0.1) is 0 Å². The van der Waals surface area contributed by atoms with E-state index in [2.05, 4.69) is 4.99 Å². The standard InChI is InChI=1S/C27H22Cl2N2O4S/c1-3-31-25(32)24(36-27(31)30-21-9-6-8-17(14-21)26(33)34-2)15-19-13-20(28)11-12-23(19)35-16-18-7-4-5-10-22(18)29/h4-15H,3,16H2,1-2H3. The number of hydrogen-bond acceptors (Lipinski definition) is 6. The van der Waals surface area contributed by atoms with Crippen LogP contribution in [-0.2, 0) is 16.1 Å². The van der Waals surface area contributed by atoms with Crippen LogP contribution in [-0.4, -0.2) is 35.6 Å². The fourth-order valence-corrected chi connectivity index (χ4v) is 4.90. The maximum atomic E-state index is 13.2. The average molecular weight is 541 g/mol. The molecule has 1 aliphatic heterocycles. The molecule has 36 heavy (non-hydrogen) atoms. The van der Waals surface area contributed by atoms with Gasteiger partial charge in [0.1, 0.15) is 12.4 Å². The zero-order chi connectivity index (χ0) is 25.7. The van der Waals surface area contributed by atoms with Gasteiger partial charge < -0.3 is 9.47 Å². The third kappa shape index (κ3) is 5.93. The van der Waals surface area contributed by atoms with Crippen LogP contribution in [0.3, 0.4) is 0 Å². The second-order valence-corrected chi connectivity index (χ2v) is 9.51. The summed E-state index contributed by atoms with van der Waals surface area (Å²) < 4.78 is 10.8. The van der Waals surface area contributed by atoms with Gasteiger partial charge in [0, 0.05) is 27.7 Å². The molecule has 1 saturated heterocycles. The molecule has 3 aromatic rings. The van der Waals surface area contributed by atoms with E-state index >= 15 is 0 Å². The number of amides is 1. The van der Waals surface area contributed by atoms with E-state index in [0.29, 0.717) is 49.2 Å². The molecule has 9 heteroatoms. The van der Waals surface area contributed by atoms with Crippen LogP contribution in [0.15, 0.2) is 76.6 Å². The molecule has 0 aliphatic carbocycles. The minimum atomic E-state index is -0.453. The Morgan fingerprint density at radius 1 is 1.08 bits per heavy atom. The lowest BCUT2D eigenvalue weighted by Gasteiger charge is -2.12. The quantitative estimate of drug-likeness (QED) is 0.238. The first-order chi connectivity index (χ1) is 17.4. The Labute approximate surface area is 223 Å². The molecule has 184 valence electrons. The van der Waals surface area contributed by atoms with Crippen LogP contribution < -0.4 is 4.74 Å². The Morgan fingerprint density at radius 3 is 2.64 bits per heavy atom. The summed E-state index contributed by atoms with van der Waals surface area (Å²) in [5.74, 6) is -0.0627. The minimum Gasteiger partial charge on any atom is -0.488 e. The number of benzene rings is 3. The number of likely N-dealkylation sites (N-methyl/N-ethyl adjacent to an activating group) is 1. The summed E-state index contributed by atoms with van der Waals surface area (Å²) in [5.41, 5.74) is 2.43. The lowest BCUT2D eigenvalue weighted by Crippen LogP contribution is -2.28. The average Bonchev–Trinajstić information content (AvgIpc) is 3.17. The van der Waals surface area contributed by atoms with Crippen LogP contribution in [0.1, 0.15) is 28.4 Å². The fourth-order valence-electron chi connectivity index (χ4n) is 3.48. The molecule has 0 radical (unpaired) electrons. The number of esters is 1. The van der Waals surface area contributed by atoms with E-state index < -0.39 is 5.97 Å². The number of nitrogens with zero attached hydrogens (tertiary/aromatic N) is 2. The predicted molar refractivity (Wildman–Crippen MR) is 145 cm³/mol. The zero-order valence-corrected chi connectivity index (χ0v) is 21.9. The number of methoxy groups -OCH3 is 1. The van der Waals surface area contributed by atoms with Crippen molar-refractivity contribution in [1.29, 1.82) is 0 Å². The number of hydrogen-bond donors (Lipinski definition) is 0. The summed E-state index contributed by atoms with van der Waals surface area (Å²) in [5, 5.41) is 1.64. The Bertz CT molecular complexity index is 1370. The maximum absolute atomic E-state index is 13.2. The SMILES string of the molecule is CCN1C(=O)C(=Cc2cc(Cl)ccc2OCc2ccccc2Cl)SC1=Nc1cccc(C(=O)OC)c1. The Morgan fingerprint density at radius 2 is 1.89 bits per heavy atom. The number of amidine groups is 1. The van der Waals surface area contributed by atoms with Crippen LogP contribution in [0.4, 0.5) is 5.69 Å². The van der Waals surface area contributed by atoms with Gasteiger partial charge in [0.2, 0.25) is 0 Å². The van der Waals surface area contributed by atoms with E-state index in [4.69, 9.17) is 32.7 Å². The van der Waals surface area contributed by atoms with Crippen molar-refractivity contribution in [3.63, 3.8) is 0 Å². The molecule has 1 fully saturated rings. The molecule has 0 unspecified atom stereocenters. The fraction of sp³-hybridized carbons (Fsp3) is 0.148. The van der Waals surface area contributed by atoms with Crippen molar-refractivity contribution in [3.8, 4) is 5.75 Å². The van der Waals surface area contributed by atoms with Gasteiger partial charge in [0.25, 0.3) is 5.91 Å². The summed E-state index contributed by atoms with van der Waals surface area (Å²) in [6.07, 6.45) is 1.75. The third-order valence-electron chi connectivity index (χ3n) is 5.30. The first-order valence-electron chi connectivity index (χ1n) is 11.0. The number of rotatable bonds is 7. The number of carbonyl (C=O) groups is 2. The topological polar surface area (TPSA) is 68.2 Å². The van der Waals surface area contributed by atoms with Crippen LogP contribution >= 0.6 is 35.0 Å². The molecule has 4 rings (SSSR count). The highest BCUT2D eigenvalue weighted by molar-refractivity contribution is 8.18.